The molecular weight excluding hydrogens is 240 g/mol. The van der Waals surface area contributed by atoms with Crippen LogP contribution < -0.4 is 0 Å². The molecule has 0 atom stereocenters. The zero-order valence-electron chi connectivity index (χ0n) is 14.5. The average Bonchev–Trinajstić information content (AvgIpc) is 2.38. The molecule has 0 heterocycles. The van der Waals surface area contributed by atoms with E-state index < -0.39 is 0 Å². The van der Waals surface area contributed by atoms with E-state index in [9.17, 15) is 0 Å². The van der Waals surface area contributed by atoms with Crippen LogP contribution in [0.3, 0.4) is 0 Å². The van der Waals surface area contributed by atoms with Crippen molar-refractivity contribution in [3.05, 3.63) is 24.8 Å². The fraction of sp³-hybridized carbons (Fsp3) is 0.800. The molecule has 0 bridgehead atoms. The summed E-state index contributed by atoms with van der Waals surface area (Å²) in [4.78, 5) is 0. The third-order valence-corrected chi connectivity index (χ3v) is 3.96. The molecule has 0 spiro atoms. The van der Waals surface area contributed by atoms with Gasteiger partial charge < -0.3 is 0 Å². The summed E-state index contributed by atoms with van der Waals surface area (Å²) in [5.74, 6) is 0. The van der Waals surface area contributed by atoms with Crippen LogP contribution in [0.2, 0.25) is 0 Å². The minimum absolute atomic E-state index is 0.525. The molecule has 20 heavy (non-hydrogen) atoms. The standard InChI is InChI=1S/C20H38/c1-6-19(2)17-15-13-11-9-7-8-10-12-14-16-18-20(3,4)5/h6H,1-2,7-18H2,3-5H3. The van der Waals surface area contributed by atoms with Crippen LogP contribution >= 0.6 is 0 Å². The highest BCUT2D eigenvalue weighted by molar-refractivity contribution is 5.10. The Morgan fingerprint density at radius 1 is 0.750 bits per heavy atom. The Morgan fingerprint density at radius 2 is 1.15 bits per heavy atom. The lowest BCUT2D eigenvalue weighted by Gasteiger charge is -2.17. The van der Waals surface area contributed by atoms with Crippen LogP contribution in [0, 0.1) is 5.41 Å². The first-order chi connectivity index (χ1) is 9.45. The van der Waals surface area contributed by atoms with Crippen LogP contribution in [-0.2, 0) is 0 Å². The van der Waals surface area contributed by atoms with Crippen molar-refractivity contribution in [1.82, 2.24) is 0 Å². The monoisotopic (exact) mass is 278 g/mol. The van der Waals surface area contributed by atoms with Crippen LogP contribution in [0.15, 0.2) is 24.8 Å². The van der Waals surface area contributed by atoms with Crippen LogP contribution in [-0.4, -0.2) is 0 Å². The number of hydrogen-bond acceptors (Lipinski definition) is 0. The van der Waals surface area contributed by atoms with E-state index in [1.165, 1.54) is 76.2 Å². The van der Waals surface area contributed by atoms with E-state index in [4.69, 9.17) is 0 Å². The highest BCUT2D eigenvalue weighted by Crippen LogP contribution is 2.22. The summed E-state index contributed by atoms with van der Waals surface area (Å²) in [5, 5.41) is 0. The van der Waals surface area contributed by atoms with E-state index in [-0.39, 0.29) is 0 Å². The van der Waals surface area contributed by atoms with E-state index in [0.717, 1.165) is 6.42 Å². The SMILES string of the molecule is C=CC(=C)CCCCCCCCCCCCC(C)(C)C. The normalized spacial score (nSPS) is 11.6. The molecule has 0 nitrogen and oxygen atoms in total. The summed E-state index contributed by atoms with van der Waals surface area (Å²) in [6.45, 7) is 14.7. The second-order valence-corrected chi connectivity index (χ2v) is 7.46. The molecule has 0 aromatic carbocycles. The summed E-state index contributed by atoms with van der Waals surface area (Å²) in [6, 6.07) is 0. The van der Waals surface area contributed by atoms with Crippen LogP contribution in [0.5, 0.6) is 0 Å². The van der Waals surface area contributed by atoms with Crippen molar-refractivity contribution in [1.29, 1.82) is 0 Å². The van der Waals surface area contributed by atoms with Gasteiger partial charge in [-0.25, -0.2) is 0 Å². The van der Waals surface area contributed by atoms with Gasteiger partial charge in [-0.3, -0.25) is 0 Å². The van der Waals surface area contributed by atoms with Crippen LogP contribution in [0.4, 0.5) is 0 Å². The molecule has 0 amide bonds. The minimum atomic E-state index is 0.525. The van der Waals surface area contributed by atoms with E-state index in [0.29, 0.717) is 5.41 Å². The van der Waals surface area contributed by atoms with Crippen molar-refractivity contribution in [2.75, 3.05) is 0 Å². The zero-order chi connectivity index (χ0) is 15.3. The van der Waals surface area contributed by atoms with Gasteiger partial charge in [0.05, 0.1) is 0 Å². The quantitative estimate of drug-likeness (QED) is 0.242. The Morgan fingerprint density at radius 3 is 1.55 bits per heavy atom. The molecule has 0 aromatic heterocycles. The lowest BCUT2D eigenvalue weighted by atomic mass is 9.89. The molecular formula is C20H38. The van der Waals surface area contributed by atoms with Crippen molar-refractivity contribution < 1.29 is 0 Å². The molecule has 0 heteroatoms. The fourth-order valence-corrected chi connectivity index (χ4v) is 2.52. The fourth-order valence-electron chi connectivity index (χ4n) is 2.52. The number of allylic oxidation sites excluding steroid dienone is 2. The van der Waals surface area contributed by atoms with Crippen LogP contribution in [0.25, 0.3) is 0 Å². The Labute approximate surface area is 128 Å². The van der Waals surface area contributed by atoms with Gasteiger partial charge in [0.1, 0.15) is 0 Å². The predicted molar refractivity (Wildman–Crippen MR) is 94.2 cm³/mol. The van der Waals surface area contributed by atoms with Crippen molar-refractivity contribution in [3.8, 4) is 0 Å². The second-order valence-electron chi connectivity index (χ2n) is 7.46. The third-order valence-electron chi connectivity index (χ3n) is 3.96. The Kier molecular flexibility index (Phi) is 11.9. The molecule has 0 fully saturated rings. The summed E-state index contributed by atoms with van der Waals surface area (Å²) >= 11 is 0. The first kappa shape index (κ1) is 19.5. The summed E-state index contributed by atoms with van der Waals surface area (Å²) in [5.41, 5.74) is 1.72. The van der Waals surface area contributed by atoms with Gasteiger partial charge in [0.25, 0.3) is 0 Å². The molecule has 0 unspecified atom stereocenters. The third kappa shape index (κ3) is 15.5. The number of hydrogen-bond donors (Lipinski definition) is 0. The van der Waals surface area contributed by atoms with Crippen molar-refractivity contribution in [2.24, 2.45) is 5.41 Å². The molecule has 0 saturated heterocycles. The first-order valence-corrected chi connectivity index (χ1v) is 8.76. The van der Waals surface area contributed by atoms with Crippen molar-refractivity contribution in [3.63, 3.8) is 0 Å². The van der Waals surface area contributed by atoms with Gasteiger partial charge in [0, 0.05) is 0 Å². The van der Waals surface area contributed by atoms with E-state index >= 15 is 0 Å². The average molecular weight is 279 g/mol. The maximum absolute atomic E-state index is 3.95. The lowest BCUT2D eigenvalue weighted by Crippen LogP contribution is -2.03. The van der Waals surface area contributed by atoms with Gasteiger partial charge >= 0.3 is 0 Å². The minimum Gasteiger partial charge on any atom is -0.0988 e. The van der Waals surface area contributed by atoms with Gasteiger partial charge in [-0.05, 0) is 24.7 Å². The maximum atomic E-state index is 3.95. The van der Waals surface area contributed by atoms with Gasteiger partial charge in [-0.1, -0.05) is 103 Å². The van der Waals surface area contributed by atoms with Gasteiger partial charge in [0.2, 0.25) is 0 Å². The summed E-state index contributed by atoms with van der Waals surface area (Å²) in [6.07, 6.45) is 18.5. The van der Waals surface area contributed by atoms with Crippen molar-refractivity contribution in [2.45, 2.75) is 97.8 Å². The Bertz CT molecular complexity index is 241. The molecule has 0 saturated carbocycles. The van der Waals surface area contributed by atoms with Gasteiger partial charge in [-0.2, -0.15) is 0 Å². The molecule has 0 rings (SSSR count). The Hall–Kier alpha value is -0.520. The highest BCUT2D eigenvalue weighted by Gasteiger charge is 2.08. The molecule has 0 N–H and O–H groups in total. The Balaban J connectivity index is 3.10. The number of unbranched alkanes of at least 4 members (excludes halogenated alkanes) is 9. The molecule has 0 radical (unpaired) electrons. The van der Waals surface area contributed by atoms with E-state index in [2.05, 4.69) is 33.9 Å². The predicted octanol–water partition coefficient (Wildman–Crippen LogP) is 7.46. The zero-order valence-corrected chi connectivity index (χ0v) is 14.5. The second kappa shape index (κ2) is 12.2. The smallest absolute Gasteiger partial charge is 0.0285 e. The lowest BCUT2D eigenvalue weighted by molar-refractivity contribution is 0.356. The molecule has 0 aliphatic rings. The van der Waals surface area contributed by atoms with Crippen LogP contribution in [0.1, 0.15) is 97.8 Å². The van der Waals surface area contributed by atoms with Crippen molar-refractivity contribution >= 4 is 0 Å². The first-order valence-electron chi connectivity index (χ1n) is 8.76. The van der Waals surface area contributed by atoms with Gasteiger partial charge in [-0.15, -0.1) is 0 Å². The molecule has 118 valence electrons. The maximum Gasteiger partial charge on any atom is -0.0285 e. The highest BCUT2D eigenvalue weighted by atomic mass is 14.1. The van der Waals surface area contributed by atoms with E-state index in [1.807, 2.05) is 6.08 Å². The molecule has 0 aliphatic carbocycles. The van der Waals surface area contributed by atoms with Gasteiger partial charge in [0.15, 0.2) is 0 Å². The topological polar surface area (TPSA) is 0 Å². The van der Waals surface area contributed by atoms with E-state index in [1.54, 1.807) is 0 Å². The summed E-state index contributed by atoms with van der Waals surface area (Å²) in [7, 11) is 0. The largest absolute Gasteiger partial charge is 0.0988 e. The summed E-state index contributed by atoms with van der Waals surface area (Å²) < 4.78 is 0. The number of rotatable bonds is 13. The molecule has 0 aromatic rings. The molecule has 0 aliphatic heterocycles.